The summed E-state index contributed by atoms with van der Waals surface area (Å²) in [6, 6.07) is 19.8. The Hall–Kier alpha value is -3.51. The van der Waals surface area contributed by atoms with Crippen molar-refractivity contribution >= 4 is 46.6 Å². The fourth-order valence-electron chi connectivity index (χ4n) is 3.08. The van der Waals surface area contributed by atoms with Crippen LogP contribution in [-0.4, -0.2) is 16.9 Å². The average Bonchev–Trinajstić information content (AvgIpc) is 3.21. The number of nitrogens with zero attached hydrogens (tertiary/aromatic N) is 2. The van der Waals surface area contributed by atoms with Crippen molar-refractivity contribution in [2.75, 3.05) is 9.80 Å². The van der Waals surface area contributed by atoms with Crippen molar-refractivity contribution in [2.45, 2.75) is 6.92 Å². The number of benzene rings is 2. The molecule has 5 nitrogen and oxygen atoms in total. The highest BCUT2D eigenvalue weighted by molar-refractivity contribution is 7.81. The van der Waals surface area contributed by atoms with E-state index in [0.717, 1.165) is 5.56 Å². The summed E-state index contributed by atoms with van der Waals surface area (Å²) in [4.78, 5) is 29.3. The van der Waals surface area contributed by atoms with E-state index in [-0.39, 0.29) is 10.7 Å². The monoisotopic (exact) mass is 388 g/mol. The molecule has 0 radical (unpaired) electrons. The SMILES string of the molecule is Cc1ccccc1N1C(=O)/C(=C/c2ccco2)C(=O)N(c2ccccc2)C1=S. The summed E-state index contributed by atoms with van der Waals surface area (Å²) in [5, 5.41) is 0.118. The molecular weight excluding hydrogens is 372 g/mol. The number of furan rings is 1. The van der Waals surface area contributed by atoms with Crippen molar-refractivity contribution in [3.63, 3.8) is 0 Å². The number of carbonyl (C=O) groups is 2. The molecule has 138 valence electrons. The minimum Gasteiger partial charge on any atom is -0.465 e. The highest BCUT2D eigenvalue weighted by Crippen LogP contribution is 2.31. The first-order chi connectivity index (χ1) is 13.6. The van der Waals surface area contributed by atoms with Gasteiger partial charge in [0.25, 0.3) is 11.8 Å². The van der Waals surface area contributed by atoms with Gasteiger partial charge in [-0.25, -0.2) is 0 Å². The zero-order valence-corrected chi connectivity index (χ0v) is 15.8. The number of anilines is 2. The fourth-order valence-corrected chi connectivity index (χ4v) is 3.45. The molecule has 1 aliphatic heterocycles. The second-order valence-electron chi connectivity index (χ2n) is 6.26. The van der Waals surface area contributed by atoms with E-state index in [1.807, 2.05) is 49.4 Å². The molecule has 0 bridgehead atoms. The van der Waals surface area contributed by atoms with Gasteiger partial charge >= 0.3 is 0 Å². The molecule has 0 saturated carbocycles. The lowest BCUT2D eigenvalue weighted by Gasteiger charge is -2.37. The van der Waals surface area contributed by atoms with Gasteiger partial charge in [-0.1, -0.05) is 36.4 Å². The number of amides is 2. The maximum atomic E-state index is 13.3. The summed E-state index contributed by atoms with van der Waals surface area (Å²) in [6.45, 7) is 1.89. The third-order valence-corrected chi connectivity index (χ3v) is 4.82. The summed E-state index contributed by atoms with van der Waals surface area (Å²) < 4.78 is 5.31. The van der Waals surface area contributed by atoms with E-state index in [0.29, 0.717) is 17.1 Å². The van der Waals surface area contributed by atoms with Gasteiger partial charge in [-0.3, -0.25) is 19.4 Å². The van der Waals surface area contributed by atoms with Crippen LogP contribution in [0.2, 0.25) is 0 Å². The van der Waals surface area contributed by atoms with Crippen molar-refractivity contribution in [3.8, 4) is 0 Å². The van der Waals surface area contributed by atoms with Crippen LogP contribution in [0.15, 0.2) is 83.0 Å². The minimum absolute atomic E-state index is 0.0179. The molecule has 0 N–H and O–H groups in total. The van der Waals surface area contributed by atoms with E-state index in [2.05, 4.69) is 0 Å². The molecule has 2 heterocycles. The third-order valence-electron chi connectivity index (χ3n) is 4.45. The number of carbonyl (C=O) groups excluding carboxylic acids is 2. The van der Waals surface area contributed by atoms with Gasteiger partial charge in [0.2, 0.25) is 0 Å². The van der Waals surface area contributed by atoms with E-state index in [1.54, 1.807) is 24.3 Å². The van der Waals surface area contributed by atoms with Gasteiger partial charge in [0.05, 0.1) is 17.6 Å². The van der Waals surface area contributed by atoms with Crippen LogP contribution in [0.25, 0.3) is 6.08 Å². The van der Waals surface area contributed by atoms with Gasteiger partial charge in [0.1, 0.15) is 11.3 Å². The summed E-state index contributed by atoms with van der Waals surface area (Å²) in [5.74, 6) is -0.544. The van der Waals surface area contributed by atoms with Crippen LogP contribution in [0.4, 0.5) is 11.4 Å². The molecule has 3 aromatic rings. The van der Waals surface area contributed by atoms with Crippen LogP contribution in [0, 0.1) is 6.92 Å². The van der Waals surface area contributed by atoms with Crippen molar-refractivity contribution < 1.29 is 14.0 Å². The van der Waals surface area contributed by atoms with Crippen molar-refractivity contribution in [3.05, 3.63) is 89.9 Å². The number of hydrogen-bond acceptors (Lipinski definition) is 4. The Kier molecular flexibility index (Phi) is 4.63. The number of aryl methyl sites for hydroxylation is 1. The molecule has 0 unspecified atom stereocenters. The molecule has 2 amide bonds. The predicted molar refractivity (Wildman–Crippen MR) is 112 cm³/mol. The van der Waals surface area contributed by atoms with E-state index in [1.165, 1.54) is 22.1 Å². The molecule has 1 aromatic heterocycles. The van der Waals surface area contributed by atoms with E-state index in [4.69, 9.17) is 16.6 Å². The number of para-hydroxylation sites is 2. The predicted octanol–water partition coefficient (Wildman–Crippen LogP) is 4.34. The Balaban J connectivity index is 1.89. The Bertz CT molecular complexity index is 1090. The van der Waals surface area contributed by atoms with E-state index >= 15 is 0 Å². The fraction of sp³-hybridized carbons (Fsp3) is 0.0455. The van der Waals surface area contributed by atoms with Gasteiger partial charge in [0, 0.05) is 0 Å². The Morgan fingerprint density at radius 3 is 2.21 bits per heavy atom. The number of hydrogen-bond donors (Lipinski definition) is 0. The van der Waals surface area contributed by atoms with Crippen LogP contribution < -0.4 is 9.80 Å². The van der Waals surface area contributed by atoms with Crippen molar-refractivity contribution in [1.82, 2.24) is 0 Å². The topological polar surface area (TPSA) is 53.8 Å². The molecule has 4 rings (SSSR count). The highest BCUT2D eigenvalue weighted by Gasteiger charge is 2.41. The largest absolute Gasteiger partial charge is 0.465 e. The summed E-state index contributed by atoms with van der Waals surface area (Å²) in [7, 11) is 0. The molecule has 1 aliphatic rings. The van der Waals surface area contributed by atoms with Gasteiger partial charge in [-0.15, -0.1) is 0 Å². The second kappa shape index (κ2) is 7.25. The number of rotatable bonds is 3. The Morgan fingerprint density at radius 2 is 1.54 bits per heavy atom. The smallest absolute Gasteiger partial charge is 0.270 e. The average molecular weight is 388 g/mol. The van der Waals surface area contributed by atoms with Crippen LogP contribution in [0.5, 0.6) is 0 Å². The zero-order valence-electron chi connectivity index (χ0n) is 15.0. The molecule has 2 aromatic carbocycles. The molecular formula is C22H16N2O3S. The quantitative estimate of drug-likeness (QED) is 0.381. The highest BCUT2D eigenvalue weighted by atomic mass is 32.1. The van der Waals surface area contributed by atoms with Gasteiger partial charge in [-0.2, -0.15) is 0 Å². The second-order valence-corrected chi connectivity index (χ2v) is 6.62. The van der Waals surface area contributed by atoms with Gasteiger partial charge < -0.3 is 4.42 Å². The van der Waals surface area contributed by atoms with Crippen LogP contribution in [0.3, 0.4) is 0 Å². The molecule has 0 aliphatic carbocycles. The molecule has 0 spiro atoms. The lowest BCUT2D eigenvalue weighted by atomic mass is 10.1. The first kappa shape index (κ1) is 17.9. The lowest BCUT2D eigenvalue weighted by Crippen LogP contribution is -2.57. The van der Waals surface area contributed by atoms with E-state index in [9.17, 15) is 9.59 Å². The van der Waals surface area contributed by atoms with Crippen LogP contribution in [-0.2, 0) is 9.59 Å². The van der Waals surface area contributed by atoms with Crippen LogP contribution in [0.1, 0.15) is 11.3 Å². The number of thiocarbonyl (C=S) groups is 1. The van der Waals surface area contributed by atoms with Gasteiger partial charge in [0.15, 0.2) is 5.11 Å². The van der Waals surface area contributed by atoms with Gasteiger partial charge in [-0.05, 0) is 61.1 Å². The van der Waals surface area contributed by atoms with Crippen LogP contribution >= 0.6 is 12.2 Å². The molecule has 6 heteroatoms. The Morgan fingerprint density at radius 1 is 0.857 bits per heavy atom. The molecule has 1 saturated heterocycles. The summed E-state index contributed by atoms with van der Waals surface area (Å²) in [6.07, 6.45) is 2.94. The first-order valence-corrected chi connectivity index (χ1v) is 9.07. The van der Waals surface area contributed by atoms with E-state index < -0.39 is 11.8 Å². The summed E-state index contributed by atoms with van der Waals surface area (Å²) >= 11 is 5.59. The molecule has 1 fully saturated rings. The van der Waals surface area contributed by atoms with Crippen molar-refractivity contribution in [1.29, 1.82) is 0 Å². The van der Waals surface area contributed by atoms with Crippen molar-refractivity contribution in [2.24, 2.45) is 0 Å². The standard InChI is InChI=1S/C22H16N2O3S/c1-15-8-5-6-12-19(15)24-21(26)18(14-17-11-7-13-27-17)20(25)23(22(24)28)16-9-3-2-4-10-16/h2-14H,1H3/b18-14+. The maximum Gasteiger partial charge on any atom is 0.270 e. The lowest BCUT2D eigenvalue weighted by molar-refractivity contribution is -0.120. The zero-order chi connectivity index (χ0) is 19.7. The maximum absolute atomic E-state index is 13.3. The third kappa shape index (κ3) is 3.04. The first-order valence-electron chi connectivity index (χ1n) is 8.66. The minimum atomic E-state index is -0.484. The normalized spacial score (nSPS) is 16.2. The summed E-state index contributed by atoms with van der Waals surface area (Å²) in [5.41, 5.74) is 2.08. The molecule has 28 heavy (non-hydrogen) atoms. The Labute approximate surface area is 167 Å². The molecule has 0 atom stereocenters.